The van der Waals surface area contributed by atoms with E-state index in [4.69, 9.17) is 11.5 Å². The minimum atomic E-state index is -0.341. The molecule has 0 saturated carbocycles. The number of halogens is 1. The lowest BCUT2D eigenvalue weighted by molar-refractivity contribution is 0.301. The molecule has 0 unspecified atom stereocenters. The molecule has 9 heavy (non-hydrogen) atoms. The normalized spacial score (nSPS) is 11.0. The van der Waals surface area contributed by atoms with Crippen molar-refractivity contribution in [3.8, 4) is 12.3 Å². The first-order valence-electron chi connectivity index (χ1n) is 2.70. The van der Waals surface area contributed by atoms with E-state index < -0.39 is 0 Å². The highest BCUT2D eigenvalue weighted by atomic mass is 19.1. The van der Waals surface area contributed by atoms with E-state index in [1.54, 1.807) is 0 Å². The summed E-state index contributed by atoms with van der Waals surface area (Å²) in [6, 6.07) is 0. The van der Waals surface area contributed by atoms with E-state index in [1.807, 2.05) is 0 Å². The molecule has 0 aliphatic heterocycles. The van der Waals surface area contributed by atoms with Crippen LogP contribution in [0.1, 0.15) is 12.8 Å². The summed E-state index contributed by atoms with van der Waals surface area (Å²) >= 11 is 0. The van der Waals surface area contributed by atoms with Gasteiger partial charge in [0, 0.05) is 6.61 Å². The molecule has 0 amide bonds. The van der Waals surface area contributed by atoms with Crippen molar-refractivity contribution < 1.29 is 9.50 Å². The van der Waals surface area contributed by atoms with Crippen LogP contribution in [0.3, 0.4) is 0 Å². The van der Waals surface area contributed by atoms with Gasteiger partial charge < -0.3 is 5.11 Å². The van der Waals surface area contributed by atoms with Crippen molar-refractivity contribution in [2.24, 2.45) is 0 Å². The maximum absolute atomic E-state index is 12.2. The molecule has 50 valence electrons. The quantitative estimate of drug-likeness (QED) is 0.567. The Kier molecular flexibility index (Phi) is 4.85. The van der Waals surface area contributed by atoms with Crippen LogP contribution in [0.25, 0.3) is 0 Å². The van der Waals surface area contributed by atoms with E-state index in [0.717, 1.165) is 0 Å². The molecular formula is C7H9FO. The lowest BCUT2D eigenvalue weighted by Crippen LogP contribution is -1.78. The first-order chi connectivity index (χ1) is 4.31. The summed E-state index contributed by atoms with van der Waals surface area (Å²) in [7, 11) is 0. The SMILES string of the molecule is C#CC/C(F)=C/CCO. The van der Waals surface area contributed by atoms with Crippen LogP contribution >= 0.6 is 0 Å². The van der Waals surface area contributed by atoms with Crippen molar-refractivity contribution in [1.82, 2.24) is 0 Å². The predicted octanol–water partition coefficient (Wildman–Crippen LogP) is 1.25. The molecule has 0 aliphatic rings. The van der Waals surface area contributed by atoms with Gasteiger partial charge in [-0.1, -0.05) is 5.92 Å². The van der Waals surface area contributed by atoms with Gasteiger partial charge in [0.15, 0.2) is 0 Å². The third-order valence-electron chi connectivity index (χ3n) is 0.766. The molecule has 0 aromatic carbocycles. The lowest BCUT2D eigenvalue weighted by Gasteiger charge is -1.86. The third kappa shape index (κ3) is 5.05. The van der Waals surface area contributed by atoms with Crippen LogP contribution in [0.15, 0.2) is 11.9 Å². The standard InChI is InChI=1S/C7H9FO/c1-2-4-7(8)5-3-6-9/h1,5,9H,3-4,6H2/b7-5-. The molecule has 0 aromatic heterocycles. The van der Waals surface area contributed by atoms with Crippen molar-refractivity contribution in [3.63, 3.8) is 0 Å². The summed E-state index contributed by atoms with van der Waals surface area (Å²) in [4.78, 5) is 0. The smallest absolute Gasteiger partial charge is 0.108 e. The van der Waals surface area contributed by atoms with Gasteiger partial charge in [0.25, 0.3) is 0 Å². The number of allylic oxidation sites excluding steroid dienone is 1. The van der Waals surface area contributed by atoms with Crippen molar-refractivity contribution in [2.45, 2.75) is 12.8 Å². The minimum Gasteiger partial charge on any atom is -0.396 e. The molecule has 0 heterocycles. The Morgan fingerprint density at radius 2 is 2.44 bits per heavy atom. The van der Waals surface area contributed by atoms with Crippen LogP contribution < -0.4 is 0 Å². The van der Waals surface area contributed by atoms with Crippen molar-refractivity contribution in [1.29, 1.82) is 0 Å². The largest absolute Gasteiger partial charge is 0.396 e. The molecule has 0 aromatic rings. The third-order valence-corrected chi connectivity index (χ3v) is 0.766. The first kappa shape index (κ1) is 8.19. The second-order valence-electron chi connectivity index (χ2n) is 1.54. The van der Waals surface area contributed by atoms with E-state index in [0.29, 0.717) is 6.42 Å². The molecule has 1 N–H and O–H groups in total. The fourth-order valence-electron chi connectivity index (χ4n) is 0.391. The number of terminal acetylenes is 1. The maximum atomic E-state index is 12.2. The summed E-state index contributed by atoms with van der Waals surface area (Å²) in [5, 5.41) is 8.22. The van der Waals surface area contributed by atoms with E-state index in [9.17, 15) is 4.39 Å². The molecule has 0 atom stereocenters. The van der Waals surface area contributed by atoms with E-state index in [-0.39, 0.29) is 18.9 Å². The number of hydrogen-bond acceptors (Lipinski definition) is 1. The van der Waals surface area contributed by atoms with Gasteiger partial charge in [0.1, 0.15) is 5.83 Å². The molecule has 0 spiro atoms. The summed E-state index contributed by atoms with van der Waals surface area (Å²) < 4.78 is 12.2. The Labute approximate surface area is 54.2 Å². The van der Waals surface area contributed by atoms with Gasteiger partial charge in [-0.25, -0.2) is 4.39 Å². The zero-order valence-corrected chi connectivity index (χ0v) is 5.10. The second kappa shape index (κ2) is 5.33. The number of hydrogen-bond donors (Lipinski definition) is 1. The van der Waals surface area contributed by atoms with Crippen molar-refractivity contribution in [3.05, 3.63) is 11.9 Å². The highest BCUT2D eigenvalue weighted by Crippen LogP contribution is 2.01. The monoisotopic (exact) mass is 128 g/mol. The molecule has 0 fully saturated rings. The Morgan fingerprint density at radius 3 is 2.89 bits per heavy atom. The van der Waals surface area contributed by atoms with E-state index >= 15 is 0 Å². The summed E-state index contributed by atoms with van der Waals surface area (Å²) in [5.74, 6) is 1.81. The molecule has 0 aliphatic carbocycles. The fraction of sp³-hybridized carbons (Fsp3) is 0.429. The van der Waals surface area contributed by atoms with Gasteiger partial charge in [-0.05, 0) is 12.5 Å². The van der Waals surface area contributed by atoms with E-state index in [1.165, 1.54) is 6.08 Å². The Bertz CT molecular complexity index is 132. The van der Waals surface area contributed by atoms with Crippen molar-refractivity contribution in [2.75, 3.05) is 6.61 Å². The molecule has 0 saturated heterocycles. The van der Waals surface area contributed by atoms with E-state index in [2.05, 4.69) is 5.92 Å². The lowest BCUT2D eigenvalue weighted by atomic mass is 10.3. The average Bonchev–Trinajstić information content (AvgIpc) is 1.85. The number of aliphatic hydroxyl groups is 1. The van der Waals surface area contributed by atoms with Crippen LogP contribution in [0, 0.1) is 12.3 Å². The molecule has 1 nitrogen and oxygen atoms in total. The zero-order valence-electron chi connectivity index (χ0n) is 5.10. The average molecular weight is 128 g/mol. The van der Waals surface area contributed by atoms with Gasteiger partial charge in [-0.15, -0.1) is 6.42 Å². The van der Waals surface area contributed by atoms with Gasteiger partial charge in [-0.2, -0.15) is 0 Å². The highest BCUT2D eigenvalue weighted by molar-refractivity contribution is 5.02. The highest BCUT2D eigenvalue weighted by Gasteiger charge is 1.87. The van der Waals surface area contributed by atoms with Crippen LogP contribution in [0.2, 0.25) is 0 Å². The molecule has 0 radical (unpaired) electrons. The maximum Gasteiger partial charge on any atom is 0.108 e. The Balaban J connectivity index is 3.46. The minimum absolute atomic E-state index is 0.0278. The molecule has 2 heteroatoms. The molecular weight excluding hydrogens is 119 g/mol. The van der Waals surface area contributed by atoms with Crippen LogP contribution in [-0.4, -0.2) is 11.7 Å². The Morgan fingerprint density at radius 1 is 1.78 bits per heavy atom. The zero-order chi connectivity index (χ0) is 7.11. The predicted molar refractivity (Wildman–Crippen MR) is 34.3 cm³/mol. The fourth-order valence-corrected chi connectivity index (χ4v) is 0.391. The van der Waals surface area contributed by atoms with Crippen LogP contribution in [0.5, 0.6) is 0 Å². The van der Waals surface area contributed by atoms with Crippen LogP contribution in [-0.2, 0) is 0 Å². The first-order valence-corrected chi connectivity index (χ1v) is 2.70. The van der Waals surface area contributed by atoms with Crippen LogP contribution in [0.4, 0.5) is 4.39 Å². The van der Waals surface area contributed by atoms with Gasteiger partial charge in [-0.3, -0.25) is 0 Å². The summed E-state index contributed by atoms with van der Waals surface area (Å²) in [6.45, 7) is -0.0298. The topological polar surface area (TPSA) is 20.2 Å². The second-order valence-corrected chi connectivity index (χ2v) is 1.54. The van der Waals surface area contributed by atoms with Gasteiger partial charge in [0.2, 0.25) is 0 Å². The number of aliphatic hydroxyl groups excluding tert-OH is 1. The molecule has 0 bridgehead atoms. The van der Waals surface area contributed by atoms with Gasteiger partial charge >= 0.3 is 0 Å². The van der Waals surface area contributed by atoms with Crippen molar-refractivity contribution >= 4 is 0 Å². The summed E-state index contributed by atoms with van der Waals surface area (Å²) in [5.41, 5.74) is 0. The summed E-state index contributed by atoms with van der Waals surface area (Å²) in [6.07, 6.45) is 6.47. The number of rotatable bonds is 3. The molecule has 0 rings (SSSR count). The van der Waals surface area contributed by atoms with Gasteiger partial charge in [0.05, 0.1) is 6.42 Å². The Hall–Kier alpha value is -0.810.